The van der Waals surface area contributed by atoms with E-state index in [0.717, 1.165) is 61.5 Å². The number of aromatic nitrogens is 2. The largest absolute Gasteiger partial charge is 0.228 e. The Morgan fingerprint density at radius 2 is 0.925 bits per heavy atom. The second kappa shape index (κ2) is 13.0. The van der Waals surface area contributed by atoms with E-state index < -0.39 is 0 Å². The average molecular weight is 678 g/mol. The normalized spacial score (nSPS) is 12.5. The van der Waals surface area contributed by atoms with Gasteiger partial charge in [-0.3, -0.25) is 0 Å². The summed E-state index contributed by atoms with van der Waals surface area (Å²) in [6, 6.07) is 63.9. The minimum atomic E-state index is -0.182. The Hall–Kier alpha value is -6.89. The molecule has 3 heteroatoms. The summed E-state index contributed by atoms with van der Waals surface area (Å²) in [6.45, 7) is 4.48. The first-order valence-corrected chi connectivity index (χ1v) is 18.0. The molecule has 0 radical (unpaired) electrons. The summed E-state index contributed by atoms with van der Waals surface area (Å²) >= 11 is 0. The van der Waals surface area contributed by atoms with E-state index in [2.05, 4.69) is 178 Å². The molecule has 0 spiro atoms. The van der Waals surface area contributed by atoms with Crippen LogP contribution in [0.1, 0.15) is 30.5 Å². The van der Waals surface area contributed by atoms with Gasteiger partial charge in [0, 0.05) is 22.1 Å². The lowest BCUT2D eigenvalue weighted by molar-refractivity contribution is 0.660. The Bertz CT molecular complexity index is 2630. The second-order valence-electron chi connectivity index (χ2n) is 14.2. The molecule has 0 amide bonds. The fourth-order valence-electron chi connectivity index (χ4n) is 7.69. The summed E-state index contributed by atoms with van der Waals surface area (Å²) in [5.74, 6) is 0.672. The Kier molecular flexibility index (Phi) is 7.87. The van der Waals surface area contributed by atoms with Crippen molar-refractivity contribution in [3.8, 4) is 84.5 Å². The van der Waals surface area contributed by atoms with Crippen LogP contribution in [0.3, 0.4) is 0 Å². The molecule has 0 atom stereocenters. The minimum Gasteiger partial charge on any atom is -0.228 e. The molecule has 1 aliphatic carbocycles. The van der Waals surface area contributed by atoms with Crippen molar-refractivity contribution in [3.05, 3.63) is 193 Å². The highest BCUT2D eigenvalue weighted by molar-refractivity contribution is 5.86. The third-order valence-corrected chi connectivity index (χ3v) is 10.5. The van der Waals surface area contributed by atoms with Crippen LogP contribution in [0, 0.1) is 11.3 Å². The second-order valence-corrected chi connectivity index (χ2v) is 14.2. The van der Waals surface area contributed by atoms with Crippen LogP contribution in [0.2, 0.25) is 0 Å². The first kappa shape index (κ1) is 32.0. The molecule has 1 aliphatic rings. The van der Waals surface area contributed by atoms with Gasteiger partial charge in [-0.25, -0.2) is 9.97 Å². The van der Waals surface area contributed by atoms with Gasteiger partial charge in [-0.15, -0.1) is 0 Å². The molecule has 0 N–H and O–H groups in total. The monoisotopic (exact) mass is 677 g/mol. The minimum absolute atomic E-state index is 0.182. The predicted molar refractivity (Wildman–Crippen MR) is 217 cm³/mol. The number of hydrogen-bond acceptors (Lipinski definition) is 3. The van der Waals surface area contributed by atoms with Crippen molar-refractivity contribution >= 4 is 0 Å². The third kappa shape index (κ3) is 5.91. The van der Waals surface area contributed by atoms with Gasteiger partial charge in [0.25, 0.3) is 0 Å². The van der Waals surface area contributed by atoms with E-state index in [0.29, 0.717) is 11.4 Å². The van der Waals surface area contributed by atoms with E-state index in [1.165, 1.54) is 22.3 Å². The maximum Gasteiger partial charge on any atom is 0.160 e. The van der Waals surface area contributed by atoms with E-state index in [1.807, 2.05) is 18.2 Å². The standard InChI is InChI=1S/C50H35N3/c1-50(2)45-24-22-38(30-44(45)43-23-21-33(32-51)25-46(43)50)37-19-12-20-39(26-37)49-52-47(36-17-10-5-11-18-36)31-48(53-49)42-28-40(34-13-6-3-7-14-34)27-41(29-42)35-15-8-4-9-16-35/h3-31H,1-2H3. The topological polar surface area (TPSA) is 49.6 Å². The van der Waals surface area contributed by atoms with E-state index in [1.54, 1.807) is 0 Å². The van der Waals surface area contributed by atoms with E-state index in [4.69, 9.17) is 9.97 Å². The molecule has 0 saturated carbocycles. The number of hydrogen-bond donors (Lipinski definition) is 0. The summed E-state index contributed by atoms with van der Waals surface area (Å²) in [4.78, 5) is 10.5. The quantitative estimate of drug-likeness (QED) is 0.176. The Morgan fingerprint density at radius 1 is 0.396 bits per heavy atom. The van der Waals surface area contributed by atoms with Crippen LogP contribution in [0.5, 0.6) is 0 Å². The molecule has 1 heterocycles. The maximum atomic E-state index is 9.59. The molecule has 3 nitrogen and oxygen atoms in total. The van der Waals surface area contributed by atoms with Gasteiger partial charge in [-0.2, -0.15) is 5.26 Å². The molecular formula is C50H35N3. The Labute approximate surface area is 310 Å². The molecule has 0 saturated heterocycles. The first-order valence-electron chi connectivity index (χ1n) is 18.0. The van der Waals surface area contributed by atoms with Gasteiger partial charge < -0.3 is 0 Å². The molecule has 8 aromatic rings. The predicted octanol–water partition coefficient (Wildman–Crippen LogP) is 12.7. The fourth-order valence-corrected chi connectivity index (χ4v) is 7.69. The van der Waals surface area contributed by atoms with Crippen LogP contribution in [0.25, 0.3) is 78.4 Å². The summed E-state index contributed by atoms with van der Waals surface area (Å²) in [7, 11) is 0. The van der Waals surface area contributed by atoms with Crippen molar-refractivity contribution in [2.75, 3.05) is 0 Å². The molecule has 9 rings (SSSR count). The highest BCUT2D eigenvalue weighted by Gasteiger charge is 2.35. The van der Waals surface area contributed by atoms with E-state index in [-0.39, 0.29) is 5.41 Å². The molecule has 0 unspecified atom stereocenters. The highest BCUT2D eigenvalue weighted by atomic mass is 14.9. The van der Waals surface area contributed by atoms with Crippen molar-refractivity contribution in [1.82, 2.24) is 9.97 Å². The van der Waals surface area contributed by atoms with Gasteiger partial charge in [0.1, 0.15) is 0 Å². The number of nitrogens with zero attached hydrogens (tertiary/aromatic N) is 3. The first-order chi connectivity index (χ1) is 25.9. The molecule has 53 heavy (non-hydrogen) atoms. The highest BCUT2D eigenvalue weighted by Crippen LogP contribution is 2.50. The van der Waals surface area contributed by atoms with Crippen molar-refractivity contribution in [1.29, 1.82) is 5.26 Å². The lowest BCUT2D eigenvalue weighted by Gasteiger charge is -2.21. The van der Waals surface area contributed by atoms with Crippen molar-refractivity contribution in [3.63, 3.8) is 0 Å². The van der Waals surface area contributed by atoms with E-state index in [9.17, 15) is 5.26 Å². The van der Waals surface area contributed by atoms with Crippen LogP contribution in [-0.2, 0) is 5.41 Å². The number of benzene rings is 7. The lowest BCUT2D eigenvalue weighted by atomic mass is 9.81. The number of rotatable bonds is 6. The smallest absolute Gasteiger partial charge is 0.160 e. The van der Waals surface area contributed by atoms with Gasteiger partial charge >= 0.3 is 0 Å². The van der Waals surface area contributed by atoms with Crippen LogP contribution in [0.15, 0.2) is 176 Å². The zero-order chi connectivity index (χ0) is 35.9. The average Bonchev–Trinajstić information content (AvgIpc) is 3.46. The molecule has 1 aromatic heterocycles. The summed E-state index contributed by atoms with van der Waals surface area (Å²) in [6.07, 6.45) is 0. The zero-order valence-electron chi connectivity index (χ0n) is 29.6. The summed E-state index contributed by atoms with van der Waals surface area (Å²) in [5.41, 5.74) is 16.9. The molecule has 0 aliphatic heterocycles. The molecule has 7 aromatic carbocycles. The van der Waals surface area contributed by atoms with Gasteiger partial charge in [0.05, 0.1) is 23.0 Å². The van der Waals surface area contributed by atoms with Gasteiger partial charge in [-0.1, -0.05) is 141 Å². The van der Waals surface area contributed by atoms with E-state index >= 15 is 0 Å². The van der Waals surface area contributed by atoms with Crippen LogP contribution in [0.4, 0.5) is 0 Å². The van der Waals surface area contributed by atoms with Crippen LogP contribution < -0.4 is 0 Å². The lowest BCUT2D eigenvalue weighted by Crippen LogP contribution is -2.15. The van der Waals surface area contributed by atoms with Crippen LogP contribution >= 0.6 is 0 Å². The molecule has 250 valence electrons. The Morgan fingerprint density at radius 3 is 1.57 bits per heavy atom. The Balaban J connectivity index is 1.18. The van der Waals surface area contributed by atoms with Gasteiger partial charge in [0.2, 0.25) is 0 Å². The maximum absolute atomic E-state index is 9.59. The van der Waals surface area contributed by atoms with Crippen molar-refractivity contribution in [2.24, 2.45) is 0 Å². The molecule has 0 bridgehead atoms. The number of nitriles is 1. The third-order valence-electron chi connectivity index (χ3n) is 10.5. The summed E-state index contributed by atoms with van der Waals surface area (Å²) in [5, 5.41) is 9.59. The van der Waals surface area contributed by atoms with Crippen LogP contribution in [-0.4, -0.2) is 9.97 Å². The summed E-state index contributed by atoms with van der Waals surface area (Å²) < 4.78 is 0. The fraction of sp³-hybridized carbons (Fsp3) is 0.0600. The van der Waals surface area contributed by atoms with Crippen molar-refractivity contribution < 1.29 is 0 Å². The number of fused-ring (bicyclic) bond motifs is 3. The van der Waals surface area contributed by atoms with Crippen molar-refractivity contribution in [2.45, 2.75) is 19.3 Å². The van der Waals surface area contributed by atoms with Gasteiger partial charge in [-0.05, 0) is 104 Å². The molecular weight excluding hydrogens is 643 g/mol. The SMILES string of the molecule is CC1(C)c2ccc(-c3cccc(-c4nc(-c5ccccc5)cc(-c5cc(-c6ccccc6)cc(-c6ccccc6)c5)n4)c3)cc2-c2ccc(C#N)cc21. The zero-order valence-corrected chi connectivity index (χ0v) is 29.6. The van der Waals surface area contributed by atoms with Gasteiger partial charge in [0.15, 0.2) is 5.82 Å². The molecule has 0 fully saturated rings.